The van der Waals surface area contributed by atoms with Crippen molar-refractivity contribution < 1.29 is 19.4 Å². The quantitative estimate of drug-likeness (QED) is 0.905. The maximum absolute atomic E-state index is 12.4. The van der Waals surface area contributed by atoms with Crippen LogP contribution in [0.15, 0.2) is 30.3 Å². The molecule has 0 spiro atoms. The number of rotatable bonds is 5. The van der Waals surface area contributed by atoms with E-state index in [1.165, 1.54) is 4.90 Å². The molecule has 2 rings (SSSR count). The van der Waals surface area contributed by atoms with E-state index in [1.54, 1.807) is 0 Å². The topological polar surface area (TPSA) is 66.8 Å². The Labute approximate surface area is 130 Å². The lowest BCUT2D eigenvalue weighted by molar-refractivity contribution is -0.153. The largest absolute Gasteiger partial charge is 0.479 e. The van der Waals surface area contributed by atoms with Crippen LogP contribution in [0.4, 0.5) is 4.79 Å². The fourth-order valence-electron chi connectivity index (χ4n) is 3.10. The SMILES string of the molecule is CCCC1(C(=O)O)CCCCN1C(=O)OCc1ccccc1. The van der Waals surface area contributed by atoms with Gasteiger partial charge in [0.05, 0.1) is 0 Å². The van der Waals surface area contributed by atoms with E-state index < -0.39 is 17.6 Å². The molecule has 1 aliphatic rings. The van der Waals surface area contributed by atoms with Gasteiger partial charge in [0.1, 0.15) is 12.1 Å². The van der Waals surface area contributed by atoms with Crippen LogP contribution in [-0.2, 0) is 16.1 Å². The predicted octanol–water partition coefficient (Wildman–Crippen LogP) is 3.43. The Morgan fingerprint density at radius 2 is 2.00 bits per heavy atom. The van der Waals surface area contributed by atoms with Crippen molar-refractivity contribution in [2.75, 3.05) is 6.54 Å². The van der Waals surface area contributed by atoms with Gasteiger partial charge >= 0.3 is 12.1 Å². The van der Waals surface area contributed by atoms with Crippen molar-refractivity contribution in [3.8, 4) is 0 Å². The van der Waals surface area contributed by atoms with Gasteiger partial charge in [-0.3, -0.25) is 4.90 Å². The van der Waals surface area contributed by atoms with E-state index in [1.807, 2.05) is 37.3 Å². The zero-order valence-corrected chi connectivity index (χ0v) is 13.0. The lowest BCUT2D eigenvalue weighted by Gasteiger charge is -2.43. The summed E-state index contributed by atoms with van der Waals surface area (Å²) in [6.07, 6.45) is 2.79. The molecule has 0 aliphatic carbocycles. The summed E-state index contributed by atoms with van der Waals surface area (Å²) >= 11 is 0. The maximum Gasteiger partial charge on any atom is 0.411 e. The summed E-state index contributed by atoms with van der Waals surface area (Å²) in [5.41, 5.74) is -0.217. The summed E-state index contributed by atoms with van der Waals surface area (Å²) < 4.78 is 5.34. The Balaban J connectivity index is 2.09. The lowest BCUT2D eigenvalue weighted by Crippen LogP contribution is -2.59. The minimum Gasteiger partial charge on any atom is -0.479 e. The highest BCUT2D eigenvalue weighted by atomic mass is 16.6. The van der Waals surface area contributed by atoms with E-state index in [0.717, 1.165) is 24.8 Å². The first-order valence-electron chi connectivity index (χ1n) is 7.82. The Hall–Kier alpha value is -2.04. The molecule has 1 aromatic rings. The summed E-state index contributed by atoms with van der Waals surface area (Å²) in [7, 11) is 0. The van der Waals surface area contributed by atoms with Crippen molar-refractivity contribution >= 4 is 12.1 Å². The van der Waals surface area contributed by atoms with Gasteiger partial charge in [-0.05, 0) is 31.2 Å². The van der Waals surface area contributed by atoms with Gasteiger partial charge in [-0.1, -0.05) is 43.7 Å². The Morgan fingerprint density at radius 3 is 2.64 bits per heavy atom. The van der Waals surface area contributed by atoms with Crippen LogP contribution in [0.25, 0.3) is 0 Å². The van der Waals surface area contributed by atoms with Crippen LogP contribution < -0.4 is 0 Å². The number of nitrogens with zero attached hydrogens (tertiary/aromatic N) is 1. The average Bonchev–Trinajstić information content (AvgIpc) is 2.54. The molecule has 1 unspecified atom stereocenters. The summed E-state index contributed by atoms with van der Waals surface area (Å²) in [5, 5.41) is 9.67. The lowest BCUT2D eigenvalue weighted by atomic mass is 9.83. The molecule has 0 saturated carbocycles. The number of likely N-dealkylation sites (tertiary alicyclic amines) is 1. The maximum atomic E-state index is 12.4. The molecule has 5 heteroatoms. The monoisotopic (exact) mass is 305 g/mol. The number of hydrogen-bond donors (Lipinski definition) is 1. The molecule has 1 fully saturated rings. The van der Waals surface area contributed by atoms with Gasteiger partial charge < -0.3 is 9.84 Å². The number of ether oxygens (including phenoxy) is 1. The minimum absolute atomic E-state index is 0.165. The number of carboxylic acids is 1. The molecule has 1 heterocycles. The first kappa shape index (κ1) is 16.3. The second kappa shape index (κ2) is 7.29. The van der Waals surface area contributed by atoms with Gasteiger partial charge in [-0.25, -0.2) is 9.59 Å². The van der Waals surface area contributed by atoms with Crippen molar-refractivity contribution in [1.82, 2.24) is 4.90 Å². The molecule has 120 valence electrons. The highest BCUT2D eigenvalue weighted by Gasteiger charge is 2.48. The van der Waals surface area contributed by atoms with E-state index in [9.17, 15) is 14.7 Å². The van der Waals surface area contributed by atoms with Crippen molar-refractivity contribution in [3.63, 3.8) is 0 Å². The van der Waals surface area contributed by atoms with Gasteiger partial charge in [-0.2, -0.15) is 0 Å². The van der Waals surface area contributed by atoms with Crippen LogP contribution in [0.1, 0.15) is 44.6 Å². The number of hydrogen-bond acceptors (Lipinski definition) is 3. The van der Waals surface area contributed by atoms with Gasteiger partial charge in [0.15, 0.2) is 0 Å². The molecule has 5 nitrogen and oxygen atoms in total. The smallest absolute Gasteiger partial charge is 0.411 e. The second-order valence-corrected chi connectivity index (χ2v) is 5.74. The number of carbonyl (C=O) groups excluding carboxylic acids is 1. The van der Waals surface area contributed by atoms with Crippen molar-refractivity contribution in [3.05, 3.63) is 35.9 Å². The summed E-state index contributed by atoms with van der Waals surface area (Å²) in [4.78, 5) is 25.6. The van der Waals surface area contributed by atoms with Crippen molar-refractivity contribution in [2.45, 2.75) is 51.2 Å². The molecule has 1 amide bonds. The fourth-order valence-corrected chi connectivity index (χ4v) is 3.10. The number of benzene rings is 1. The molecule has 0 bridgehead atoms. The first-order chi connectivity index (χ1) is 10.6. The predicted molar refractivity (Wildman–Crippen MR) is 82.5 cm³/mol. The van der Waals surface area contributed by atoms with Crippen LogP contribution in [-0.4, -0.2) is 34.2 Å². The third-order valence-electron chi connectivity index (χ3n) is 4.23. The molecule has 1 aliphatic heterocycles. The Morgan fingerprint density at radius 1 is 1.27 bits per heavy atom. The molecule has 0 radical (unpaired) electrons. The van der Waals surface area contributed by atoms with Gasteiger partial charge in [0, 0.05) is 6.54 Å². The summed E-state index contributed by atoms with van der Waals surface area (Å²) in [5.74, 6) is -0.925. The van der Waals surface area contributed by atoms with Gasteiger partial charge in [0.2, 0.25) is 0 Å². The summed E-state index contributed by atoms with van der Waals surface area (Å²) in [6, 6.07) is 9.40. The van der Waals surface area contributed by atoms with Crippen LogP contribution >= 0.6 is 0 Å². The van der Waals surface area contributed by atoms with Crippen LogP contribution in [0.2, 0.25) is 0 Å². The fraction of sp³-hybridized carbons (Fsp3) is 0.529. The van der Waals surface area contributed by atoms with E-state index >= 15 is 0 Å². The van der Waals surface area contributed by atoms with Gasteiger partial charge in [0.25, 0.3) is 0 Å². The van der Waals surface area contributed by atoms with Crippen LogP contribution in [0.3, 0.4) is 0 Å². The molecule has 1 N–H and O–H groups in total. The van der Waals surface area contributed by atoms with E-state index in [0.29, 0.717) is 19.4 Å². The third kappa shape index (κ3) is 3.40. The molecule has 1 atom stereocenters. The minimum atomic E-state index is -1.11. The zero-order valence-electron chi connectivity index (χ0n) is 13.0. The number of carbonyl (C=O) groups is 2. The molecule has 1 aromatic carbocycles. The van der Waals surface area contributed by atoms with E-state index in [4.69, 9.17) is 4.74 Å². The highest BCUT2D eigenvalue weighted by molar-refractivity contribution is 5.84. The molecular weight excluding hydrogens is 282 g/mol. The van der Waals surface area contributed by atoms with Crippen LogP contribution in [0.5, 0.6) is 0 Å². The van der Waals surface area contributed by atoms with Crippen LogP contribution in [0, 0.1) is 0 Å². The van der Waals surface area contributed by atoms with Gasteiger partial charge in [-0.15, -0.1) is 0 Å². The average molecular weight is 305 g/mol. The van der Waals surface area contributed by atoms with E-state index in [-0.39, 0.29) is 6.61 Å². The number of carboxylic acid groups (broad SMARTS) is 1. The standard InChI is InChI=1S/C17H23NO4/c1-2-10-17(15(19)20)11-6-7-12-18(17)16(21)22-13-14-8-4-3-5-9-14/h3-5,8-9H,2,6-7,10-13H2,1H3,(H,19,20). The van der Waals surface area contributed by atoms with Crippen molar-refractivity contribution in [2.24, 2.45) is 0 Å². The Bertz CT molecular complexity index is 513. The molecular formula is C17H23NO4. The zero-order chi connectivity index (χ0) is 16.0. The molecule has 22 heavy (non-hydrogen) atoms. The second-order valence-electron chi connectivity index (χ2n) is 5.74. The number of piperidine rings is 1. The van der Waals surface area contributed by atoms with Crippen molar-refractivity contribution in [1.29, 1.82) is 0 Å². The molecule has 1 saturated heterocycles. The summed E-state index contributed by atoms with van der Waals surface area (Å²) in [6.45, 7) is 2.55. The number of aliphatic carboxylic acids is 1. The number of amides is 1. The third-order valence-corrected chi connectivity index (χ3v) is 4.23. The first-order valence-corrected chi connectivity index (χ1v) is 7.82. The Kier molecular flexibility index (Phi) is 5.41. The van der Waals surface area contributed by atoms with E-state index in [2.05, 4.69) is 0 Å². The molecule has 0 aromatic heterocycles. The highest BCUT2D eigenvalue weighted by Crippen LogP contribution is 2.33. The normalized spacial score (nSPS) is 21.4.